The number of carbonyl (C=O) groups is 2. The fraction of sp³-hybridized carbons (Fsp3) is 0.838. The fourth-order valence-corrected chi connectivity index (χ4v) is 5.51. The molecule has 0 fully saturated rings. The van der Waals surface area contributed by atoms with E-state index >= 15 is 0 Å². The van der Waals surface area contributed by atoms with Crippen molar-refractivity contribution in [1.82, 2.24) is 0 Å². The van der Waals surface area contributed by atoms with Crippen molar-refractivity contribution < 1.29 is 37.9 Å². The number of rotatable bonds is 34. The van der Waals surface area contributed by atoms with Crippen LogP contribution in [-0.2, 0) is 28.2 Å². The normalized spacial score (nSPS) is 12.7. The maximum atomic E-state index is 12.3. The summed E-state index contributed by atoms with van der Waals surface area (Å²) in [5.74, 6) is -0.958. The van der Waals surface area contributed by atoms with Gasteiger partial charge < -0.3 is 19.3 Å². The molecule has 0 saturated heterocycles. The molecule has 270 valence electrons. The molecule has 0 aliphatic carbocycles. The third kappa shape index (κ3) is 35.4. The van der Waals surface area contributed by atoms with Gasteiger partial charge in [-0.2, -0.15) is 0 Å². The SMILES string of the molecule is CCCCCCCC/C=C/CCCCCC(=O)O[C@H](COC(=O)CC/C=C/CCCCCCCCCCCCC)COP(=O)(O)O. The monoisotopic (exact) mass is 672 g/mol. The quantitative estimate of drug-likeness (QED) is 0.0300. The van der Waals surface area contributed by atoms with Gasteiger partial charge in [0, 0.05) is 12.8 Å². The van der Waals surface area contributed by atoms with Gasteiger partial charge in [-0.1, -0.05) is 141 Å². The van der Waals surface area contributed by atoms with E-state index in [2.05, 4.69) is 36.6 Å². The average Bonchev–Trinajstić information content (AvgIpc) is 3.02. The number of allylic oxidation sites excluding steroid dienone is 4. The number of phosphoric acid groups is 1. The van der Waals surface area contributed by atoms with E-state index in [1.807, 2.05) is 6.08 Å². The Bertz CT molecular complexity index is 807. The summed E-state index contributed by atoms with van der Waals surface area (Å²) < 4.78 is 26.2. The van der Waals surface area contributed by atoms with Crippen LogP contribution >= 0.6 is 7.82 Å². The zero-order valence-corrected chi connectivity index (χ0v) is 30.4. The van der Waals surface area contributed by atoms with Crippen LogP contribution in [0, 0.1) is 0 Å². The molecule has 9 heteroatoms. The van der Waals surface area contributed by atoms with E-state index in [-0.39, 0.29) is 19.4 Å². The zero-order chi connectivity index (χ0) is 34.0. The number of hydrogen-bond donors (Lipinski definition) is 2. The maximum Gasteiger partial charge on any atom is 0.469 e. The molecular weight excluding hydrogens is 603 g/mol. The highest BCUT2D eigenvalue weighted by atomic mass is 31.2. The fourth-order valence-electron chi connectivity index (χ4n) is 5.15. The second kappa shape index (κ2) is 33.4. The van der Waals surface area contributed by atoms with E-state index in [4.69, 9.17) is 19.3 Å². The molecule has 0 unspecified atom stereocenters. The summed E-state index contributed by atoms with van der Waals surface area (Å²) in [6.45, 7) is 3.62. The number of phosphoric ester groups is 1. The third-order valence-electron chi connectivity index (χ3n) is 7.96. The molecule has 46 heavy (non-hydrogen) atoms. The summed E-state index contributed by atoms with van der Waals surface area (Å²) in [7, 11) is -4.76. The van der Waals surface area contributed by atoms with Crippen LogP contribution in [0.5, 0.6) is 0 Å². The van der Waals surface area contributed by atoms with E-state index in [1.54, 1.807) is 0 Å². The van der Waals surface area contributed by atoms with Crippen molar-refractivity contribution in [2.45, 2.75) is 187 Å². The molecule has 0 radical (unpaired) electrons. The lowest BCUT2D eigenvalue weighted by Gasteiger charge is -2.18. The molecule has 0 spiro atoms. The standard InChI is InChI=1S/C37H69O8P/c1-3-5-7-9-11-13-15-17-18-20-21-23-25-27-29-31-36(38)43-33-35(34-44-46(40,41)42)45-37(39)32-30-28-26-24-22-19-16-14-12-10-8-6-4-2/h19,22,25,27,35H,3-18,20-21,23-24,26,28-34H2,1-2H3,(H2,40,41,42)/b22-19+,27-25+/t35-/m1/s1. The van der Waals surface area contributed by atoms with Gasteiger partial charge >= 0.3 is 19.8 Å². The van der Waals surface area contributed by atoms with Crippen molar-refractivity contribution in [1.29, 1.82) is 0 Å². The molecule has 0 saturated carbocycles. The topological polar surface area (TPSA) is 119 Å². The van der Waals surface area contributed by atoms with Crippen molar-refractivity contribution in [3.05, 3.63) is 24.3 Å². The van der Waals surface area contributed by atoms with Gasteiger partial charge in [-0.05, 0) is 51.4 Å². The Balaban J connectivity index is 4.02. The van der Waals surface area contributed by atoms with Gasteiger partial charge in [0.25, 0.3) is 0 Å². The Kier molecular flexibility index (Phi) is 32.4. The molecule has 0 rings (SSSR count). The van der Waals surface area contributed by atoms with E-state index in [1.165, 1.54) is 103 Å². The van der Waals surface area contributed by atoms with Crippen molar-refractivity contribution in [3.63, 3.8) is 0 Å². The second-order valence-corrected chi connectivity index (χ2v) is 13.8. The summed E-state index contributed by atoms with van der Waals surface area (Å²) in [5, 5.41) is 0. The minimum Gasteiger partial charge on any atom is -0.462 e. The number of ether oxygens (including phenoxy) is 2. The second-order valence-electron chi connectivity index (χ2n) is 12.5. The Labute approximate surface area is 281 Å². The van der Waals surface area contributed by atoms with Gasteiger partial charge in [-0.15, -0.1) is 0 Å². The summed E-state index contributed by atoms with van der Waals surface area (Å²) in [5.41, 5.74) is 0. The molecule has 0 aromatic heterocycles. The van der Waals surface area contributed by atoms with E-state index < -0.39 is 32.5 Å². The van der Waals surface area contributed by atoms with Gasteiger partial charge in [-0.25, -0.2) is 4.57 Å². The van der Waals surface area contributed by atoms with Gasteiger partial charge in [0.1, 0.15) is 6.61 Å². The molecule has 2 N–H and O–H groups in total. The first kappa shape index (κ1) is 44.5. The number of esters is 2. The summed E-state index contributed by atoms with van der Waals surface area (Å²) in [6.07, 6.45) is 36.3. The molecule has 0 aliphatic heterocycles. The molecular formula is C37H69O8P. The van der Waals surface area contributed by atoms with Crippen molar-refractivity contribution in [2.24, 2.45) is 0 Å². The number of carbonyl (C=O) groups excluding carboxylic acids is 2. The molecule has 0 heterocycles. The van der Waals surface area contributed by atoms with Crippen molar-refractivity contribution in [2.75, 3.05) is 13.2 Å². The zero-order valence-electron chi connectivity index (χ0n) is 29.5. The summed E-state index contributed by atoms with van der Waals surface area (Å²) in [6, 6.07) is 0. The average molecular weight is 673 g/mol. The Morgan fingerprint density at radius 3 is 1.41 bits per heavy atom. The predicted molar refractivity (Wildman–Crippen MR) is 189 cm³/mol. The first-order valence-corrected chi connectivity index (χ1v) is 20.2. The highest BCUT2D eigenvalue weighted by Gasteiger charge is 2.22. The lowest BCUT2D eigenvalue weighted by atomic mass is 10.1. The molecule has 0 aromatic rings. The first-order valence-electron chi connectivity index (χ1n) is 18.6. The molecule has 0 amide bonds. The van der Waals surface area contributed by atoms with Crippen LogP contribution < -0.4 is 0 Å². The number of hydrogen-bond acceptors (Lipinski definition) is 6. The van der Waals surface area contributed by atoms with Crippen molar-refractivity contribution in [3.8, 4) is 0 Å². The Morgan fingerprint density at radius 2 is 0.957 bits per heavy atom. The van der Waals surface area contributed by atoms with Gasteiger partial charge in [0.2, 0.25) is 0 Å². The largest absolute Gasteiger partial charge is 0.469 e. The molecule has 0 aliphatic rings. The minimum absolute atomic E-state index is 0.183. The lowest BCUT2D eigenvalue weighted by Crippen LogP contribution is -2.29. The van der Waals surface area contributed by atoms with Gasteiger partial charge in [-0.3, -0.25) is 14.1 Å². The van der Waals surface area contributed by atoms with Crippen LogP contribution in [0.1, 0.15) is 181 Å². The van der Waals surface area contributed by atoms with Crippen molar-refractivity contribution >= 4 is 19.8 Å². The molecule has 0 bridgehead atoms. The van der Waals surface area contributed by atoms with Crippen LogP contribution in [-0.4, -0.2) is 41.0 Å². The summed E-state index contributed by atoms with van der Waals surface area (Å²) in [4.78, 5) is 42.6. The minimum atomic E-state index is -4.76. The smallest absolute Gasteiger partial charge is 0.462 e. The van der Waals surface area contributed by atoms with E-state index in [0.717, 1.165) is 38.5 Å². The maximum absolute atomic E-state index is 12.3. The predicted octanol–water partition coefficient (Wildman–Crippen LogP) is 10.8. The van der Waals surface area contributed by atoms with E-state index in [0.29, 0.717) is 12.8 Å². The third-order valence-corrected chi connectivity index (χ3v) is 8.44. The molecule has 0 aromatic carbocycles. The van der Waals surface area contributed by atoms with Gasteiger partial charge in [0.05, 0.1) is 6.61 Å². The lowest BCUT2D eigenvalue weighted by molar-refractivity contribution is -0.161. The molecule has 8 nitrogen and oxygen atoms in total. The van der Waals surface area contributed by atoms with E-state index in [9.17, 15) is 14.2 Å². The first-order chi connectivity index (χ1) is 22.3. The van der Waals surface area contributed by atoms with Gasteiger partial charge in [0.15, 0.2) is 6.10 Å². The van der Waals surface area contributed by atoms with Crippen LogP contribution in [0.4, 0.5) is 0 Å². The Hall–Kier alpha value is -1.47. The molecule has 1 atom stereocenters. The highest BCUT2D eigenvalue weighted by molar-refractivity contribution is 7.46. The van der Waals surface area contributed by atoms with Crippen LogP contribution in [0.2, 0.25) is 0 Å². The number of unbranched alkanes of at least 4 members (excludes halogenated alkanes) is 20. The van der Waals surface area contributed by atoms with Crippen LogP contribution in [0.3, 0.4) is 0 Å². The van der Waals surface area contributed by atoms with Crippen LogP contribution in [0.25, 0.3) is 0 Å². The Morgan fingerprint density at radius 1 is 0.543 bits per heavy atom. The van der Waals surface area contributed by atoms with Crippen LogP contribution in [0.15, 0.2) is 24.3 Å². The highest BCUT2D eigenvalue weighted by Crippen LogP contribution is 2.36. The summed E-state index contributed by atoms with van der Waals surface area (Å²) >= 11 is 0.